The molecule has 2 fully saturated rings. The van der Waals surface area contributed by atoms with Gasteiger partial charge in [0.25, 0.3) is 0 Å². The van der Waals surface area contributed by atoms with Crippen molar-refractivity contribution < 1.29 is 116 Å². The number of carboxylic acid groups (broad SMARTS) is 3. The van der Waals surface area contributed by atoms with E-state index in [9.17, 15) is 72.9 Å². The minimum Gasteiger partial charge on any atom is -0.481 e. The number of carbonyl (C=O) groups is 20. The number of nitrogens with zero attached hydrogens (tertiary/aromatic N) is 5. The van der Waals surface area contributed by atoms with Crippen LogP contribution in [0.15, 0.2) is 132 Å². The zero-order chi connectivity index (χ0) is 105. The quantitative estimate of drug-likeness (QED) is 0.0383. The SMILES string of the molecule is CC(=O)N1CCC[C@]12C/C=C\CCC[C@@]1(CCC/C=C\CCCOC(=O)N3CC[C@@](C(=O)N[C@@H](Cc4ccsc4)C(=O)N[C@@H](Cc4csc5ccccc45)C(=O)N[C@@H](CCC(N)=O)C(N)=O)(C3)NC(=O)[C@@H]3Cc4cn(nn4)CCCC[C@H](NC(=O)CNC(=O)[C@H](Cc4cccc(C(=O)O)c4)NC(=O)[C@H](CC(=O)O)NC1=O)C(=O)N[C@@H](Cc1ccccc1)C(=O)N3)NC(=O)[C@H](CC(C)(C)C)NC(=O)[C@H](CC(=O)O)NC2=O. The number of nitrogens with two attached hydrogens (primary N) is 2. The molecule has 778 valence electrons. The molecular formula is C99H126N20O24S2. The van der Waals surface area contributed by atoms with Gasteiger partial charge in [0.05, 0.1) is 43.8 Å². The second-order valence-corrected chi connectivity index (χ2v) is 40.0. The Morgan fingerprint density at radius 1 is 0.579 bits per heavy atom. The van der Waals surface area contributed by atoms with E-state index in [1.54, 1.807) is 104 Å². The molecule has 5 aliphatic rings. The van der Waals surface area contributed by atoms with Gasteiger partial charge in [0.2, 0.25) is 94.5 Å². The van der Waals surface area contributed by atoms with Gasteiger partial charge in [0, 0.05) is 76.0 Å². The first-order chi connectivity index (χ1) is 69.1. The molecule has 20 N–H and O–H groups in total. The number of likely N-dealkylation sites (tertiary alicyclic amines) is 1. The van der Waals surface area contributed by atoms with Crippen molar-refractivity contribution in [2.45, 2.75) is 272 Å². The summed E-state index contributed by atoms with van der Waals surface area (Å²) in [6.45, 7) is 4.43. The van der Waals surface area contributed by atoms with Gasteiger partial charge in [0.15, 0.2) is 0 Å². The van der Waals surface area contributed by atoms with Gasteiger partial charge in [-0.15, -0.1) is 16.4 Å². The Morgan fingerprint density at radius 3 is 1.88 bits per heavy atom. The van der Waals surface area contributed by atoms with Gasteiger partial charge in [-0.25, -0.2) is 9.59 Å². The van der Waals surface area contributed by atoms with Gasteiger partial charge in [-0.3, -0.25) is 91.0 Å². The van der Waals surface area contributed by atoms with E-state index in [0.717, 1.165) is 15.0 Å². The summed E-state index contributed by atoms with van der Waals surface area (Å²) in [7, 11) is 0. The van der Waals surface area contributed by atoms with Gasteiger partial charge in [0.1, 0.15) is 77.0 Å². The van der Waals surface area contributed by atoms with E-state index in [0.29, 0.717) is 23.1 Å². The topological polar surface area (TPSA) is 657 Å². The van der Waals surface area contributed by atoms with Crippen LogP contribution in [0.2, 0.25) is 0 Å². The summed E-state index contributed by atoms with van der Waals surface area (Å²) in [6.07, 6.45) is 2.48. The average molecular weight is 2040 g/mol. The van der Waals surface area contributed by atoms with E-state index >= 15 is 38.4 Å². The molecule has 2 spiro atoms. The number of aliphatic carboxylic acids is 2. The van der Waals surface area contributed by atoms with Crippen molar-refractivity contribution in [1.82, 2.24) is 93.9 Å². The Bertz CT molecular complexity index is 5830. The van der Waals surface area contributed by atoms with Crippen LogP contribution in [0.1, 0.15) is 194 Å². The van der Waals surface area contributed by atoms with E-state index in [-0.39, 0.29) is 165 Å². The Balaban J connectivity index is 0.969. The standard InChI is InChI=1S/C99H126N20O24S2/c1-58(120)119-40-23-37-99(119)36-19-9-8-18-35-97(113-90(136)75(52-96(2,3)4)109-88(134)74(51-80(125)126)112-94(99)141)34-17-7-5-6-10-21-42-143-95(142)117-41-38-98(57-117,93(140)110-70(47-61-33-43-144-55-61)85(131)107-71(48-63-56-145-76-30-15-14-28-65(63)76)86(132)104-66(81(101)127)31-32-77(100)121)114-89(135)72-49-64-54-118(116-115-64)39-20-16-29-67(83(129)106-69(84(130)108-72)45-59-24-12-11-13-25-59)103-78(122)53-102-82(128)68(46-60-26-22-27-62(44-60)91(137)138)105-87(133)73(50-79(123)124)111-92(97)139/h5-6,9,11-15,19,22,24-28,30,33,43-44,54-56,66-75H,7-8,10,16-18,20-21,23,29,31-32,34-42,45-53,57H2,1-4H3,(H2,100,121)(H2,101,127)(H,102,128)(H,103,122)(H,104,132)(H,105,133)(H,106,129)(H,107,131)(H,108,130)(H,109,134)(H,110,140)(H,111,139)(H,112,141)(H,113,136)(H,114,135)(H,123,124)(H,125,126)(H,137,138)/b6-5-,19-9-/t66-,67-,68-,69-,70-,71-,72-,73-,74-,75-,97+,98-,99-/m0/s1. The van der Waals surface area contributed by atoms with E-state index < -0.39 is 246 Å². The summed E-state index contributed by atoms with van der Waals surface area (Å²) in [5.41, 5.74) is 5.81. The van der Waals surface area contributed by atoms with E-state index in [2.05, 4.69) is 79.4 Å². The molecule has 46 heteroatoms. The highest BCUT2D eigenvalue weighted by Gasteiger charge is 2.53. The lowest BCUT2D eigenvalue weighted by molar-refractivity contribution is -0.146. The molecule has 0 aliphatic carbocycles. The van der Waals surface area contributed by atoms with Crippen molar-refractivity contribution in [3.8, 4) is 0 Å². The molecule has 145 heavy (non-hydrogen) atoms. The first-order valence-corrected chi connectivity index (χ1v) is 50.1. The van der Waals surface area contributed by atoms with E-state index in [1.807, 2.05) is 18.2 Å². The third kappa shape index (κ3) is 31.6. The maximum Gasteiger partial charge on any atom is 0.409 e. The zero-order valence-corrected chi connectivity index (χ0v) is 82.7. The number of rotatable bonds is 24. The molecule has 5 aliphatic heterocycles. The van der Waals surface area contributed by atoms with Crippen LogP contribution in [0.4, 0.5) is 4.79 Å². The van der Waals surface area contributed by atoms with Crippen molar-refractivity contribution >= 4 is 151 Å². The number of nitrogens with one attached hydrogen (secondary N) is 13. The highest BCUT2D eigenvalue weighted by molar-refractivity contribution is 7.17. The molecule has 0 saturated carbocycles. The molecule has 3 aromatic carbocycles. The molecule has 6 aromatic rings. The van der Waals surface area contributed by atoms with Crippen molar-refractivity contribution in [1.29, 1.82) is 0 Å². The summed E-state index contributed by atoms with van der Waals surface area (Å²) in [5.74, 6) is -20.6. The van der Waals surface area contributed by atoms with Crippen molar-refractivity contribution in [2.24, 2.45) is 16.9 Å². The number of benzene rings is 3. The second-order valence-electron chi connectivity index (χ2n) is 38.3. The Labute approximate surface area is 843 Å². The van der Waals surface area contributed by atoms with Crippen molar-refractivity contribution in [3.05, 3.63) is 165 Å². The molecule has 0 radical (unpaired) electrons. The predicted molar refractivity (Wildman–Crippen MR) is 525 cm³/mol. The zero-order valence-electron chi connectivity index (χ0n) is 81.0. The number of cyclic esters (lactones) is 1. The van der Waals surface area contributed by atoms with Gasteiger partial charge in [-0.05, 0) is 183 Å². The predicted octanol–water partition coefficient (Wildman–Crippen LogP) is 1.63. The number of carbonyl (C=O) groups excluding carboxylic acids is 17. The lowest BCUT2D eigenvalue weighted by Gasteiger charge is -2.38. The molecule has 44 nitrogen and oxygen atoms in total. The number of hydrogen-bond donors (Lipinski definition) is 18. The first-order valence-electron chi connectivity index (χ1n) is 48.3. The number of carboxylic acids is 3. The summed E-state index contributed by atoms with van der Waals surface area (Å²) >= 11 is 2.61. The van der Waals surface area contributed by atoms with Gasteiger partial charge in [-0.2, -0.15) is 11.3 Å². The molecule has 17 amide bonds. The number of hydrogen-bond acceptors (Lipinski definition) is 25. The fourth-order valence-corrected chi connectivity index (χ4v) is 20.0. The fourth-order valence-electron chi connectivity index (χ4n) is 18.4. The summed E-state index contributed by atoms with van der Waals surface area (Å²) in [4.78, 5) is 293. The molecule has 8 heterocycles. The molecule has 2 saturated heterocycles. The Hall–Kier alpha value is -14.9. The average Bonchev–Trinajstić information content (AvgIpc) is 1.65. The maximum absolute atomic E-state index is 16.1. The number of aromatic nitrogens is 3. The highest BCUT2D eigenvalue weighted by Crippen LogP contribution is 2.36. The normalized spacial score (nSPS) is 24.4. The van der Waals surface area contributed by atoms with Gasteiger partial charge < -0.3 is 110 Å². The smallest absolute Gasteiger partial charge is 0.409 e. The molecule has 0 unspecified atom stereocenters. The van der Waals surface area contributed by atoms with Crippen LogP contribution >= 0.6 is 22.7 Å². The van der Waals surface area contributed by atoms with Crippen LogP contribution in [0.3, 0.4) is 0 Å². The van der Waals surface area contributed by atoms with E-state index in [4.69, 9.17) is 16.2 Å². The number of allylic oxidation sites excluding steroid dienone is 3. The Morgan fingerprint density at radius 2 is 1.21 bits per heavy atom. The highest BCUT2D eigenvalue weighted by atomic mass is 32.1. The Kier molecular flexibility index (Phi) is 39.2. The summed E-state index contributed by atoms with van der Waals surface area (Å²) in [5, 5.41) is 80.3. The van der Waals surface area contributed by atoms with Crippen LogP contribution in [0, 0.1) is 5.41 Å². The third-order valence-electron chi connectivity index (χ3n) is 25.9. The lowest BCUT2D eigenvalue weighted by Crippen LogP contribution is -2.67. The van der Waals surface area contributed by atoms with Crippen molar-refractivity contribution in [2.75, 3.05) is 32.8 Å². The summed E-state index contributed by atoms with van der Waals surface area (Å²) < 4.78 is 8.14. The number of amides is 17. The van der Waals surface area contributed by atoms with Gasteiger partial charge in [-0.1, -0.05) is 111 Å². The third-order valence-corrected chi connectivity index (χ3v) is 27.7. The van der Waals surface area contributed by atoms with Crippen LogP contribution < -0.4 is 80.6 Å². The molecular weight excluding hydrogens is 1920 g/mol. The van der Waals surface area contributed by atoms with E-state index in [1.165, 1.54) is 69.6 Å². The number of aryl methyl sites for hydroxylation is 1. The molecule has 3 aromatic heterocycles. The molecule has 6 bridgehead atoms. The number of thiophene rings is 2. The number of fused-ring (bicyclic) bond motifs is 11. The van der Waals surface area contributed by atoms with Crippen LogP contribution in [-0.4, -0.2) is 268 Å². The number of aromatic carboxylic acids is 1. The molecule has 11 rings (SSSR count). The monoisotopic (exact) mass is 2040 g/mol. The van der Waals surface area contributed by atoms with Crippen LogP contribution in [0.5, 0.6) is 0 Å². The first kappa shape index (κ1) is 111. The minimum atomic E-state index is -2.25. The largest absolute Gasteiger partial charge is 0.481 e. The van der Waals surface area contributed by atoms with Gasteiger partial charge >= 0.3 is 24.0 Å². The molecule has 13 atom stereocenters. The second kappa shape index (κ2) is 51.4. The van der Waals surface area contributed by atoms with Crippen LogP contribution in [-0.2, 0) is 130 Å². The van der Waals surface area contributed by atoms with Crippen molar-refractivity contribution in [3.63, 3.8) is 0 Å². The lowest BCUT2D eigenvalue weighted by atomic mass is 9.83. The maximum atomic E-state index is 16.1. The fraction of sp³-hybridized carbons (Fsp3) is 0.495. The summed E-state index contributed by atoms with van der Waals surface area (Å²) in [6, 6.07) is 5.40. The van der Waals surface area contributed by atoms with Crippen LogP contribution in [0.25, 0.3) is 10.1 Å². The number of ether oxygens (including phenoxy) is 1. The number of primary amides is 2. The minimum absolute atomic E-state index is 0.00206.